The van der Waals surface area contributed by atoms with Crippen molar-refractivity contribution in [3.05, 3.63) is 76.3 Å². The molecule has 0 saturated carbocycles. The van der Waals surface area contributed by atoms with Crippen LogP contribution in [-0.2, 0) is 11.3 Å². The predicted molar refractivity (Wildman–Crippen MR) is 101 cm³/mol. The van der Waals surface area contributed by atoms with Gasteiger partial charge in [-0.25, -0.2) is 4.98 Å². The van der Waals surface area contributed by atoms with Crippen LogP contribution < -0.4 is 10.9 Å². The van der Waals surface area contributed by atoms with E-state index in [9.17, 15) is 9.59 Å². The summed E-state index contributed by atoms with van der Waals surface area (Å²) >= 11 is 5.82. The molecule has 0 aliphatic rings. The summed E-state index contributed by atoms with van der Waals surface area (Å²) in [7, 11) is 0. The average molecular weight is 381 g/mol. The molecule has 0 spiro atoms. The van der Waals surface area contributed by atoms with Crippen LogP contribution in [0.5, 0.6) is 0 Å². The van der Waals surface area contributed by atoms with Crippen molar-refractivity contribution < 1.29 is 4.79 Å². The Hall–Kier alpha value is -3.52. The van der Waals surface area contributed by atoms with Crippen LogP contribution >= 0.6 is 11.6 Å². The number of hydrogen-bond acceptors (Lipinski definition) is 5. The van der Waals surface area contributed by atoms with Crippen LogP contribution in [0.15, 0.2) is 65.7 Å². The van der Waals surface area contributed by atoms with Gasteiger partial charge in [0.05, 0.1) is 5.69 Å². The Morgan fingerprint density at radius 2 is 1.81 bits per heavy atom. The summed E-state index contributed by atoms with van der Waals surface area (Å²) in [4.78, 5) is 29.1. The van der Waals surface area contributed by atoms with Gasteiger partial charge in [-0.15, -0.1) is 5.10 Å². The molecule has 2 aromatic heterocycles. The third-order valence-corrected chi connectivity index (χ3v) is 4.12. The van der Waals surface area contributed by atoms with Crippen molar-refractivity contribution in [1.29, 1.82) is 0 Å². The number of carbonyl (C=O) groups excluding carboxylic acids is 1. The summed E-state index contributed by atoms with van der Waals surface area (Å²) in [5.41, 5.74) is 1.32. The third kappa shape index (κ3) is 3.42. The monoisotopic (exact) mass is 380 g/mol. The summed E-state index contributed by atoms with van der Waals surface area (Å²) in [5.74, 6) is -0.365. The molecule has 4 aromatic rings. The topological polar surface area (TPSA) is 94.7 Å². The molecule has 134 valence electrons. The highest BCUT2D eigenvalue weighted by Crippen LogP contribution is 2.14. The van der Waals surface area contributed by atoms with Crippen molar-refractivity contribution in [3.63, 3.8) is 0 Å². The van der Waals surface area contributed by atoms with E-state index in [4.69, 9.17) is 11.6 Å². The minimum absolute atomic E-state index is 0.0978. The van der Waals surface area contributed by atoms with E-state index in [0.717, 1.165) is 5.69 Å². The highest BCUT2D eigenvalue weighted by atomic mass is 35.5. The predicted octanol–water partition coefficient (Wildman–Crippen LogP) is 2.27. The molecule has 0 atom stereocenters. The first kappa shape index (κ1) is 16.9. The summed E-state index contributed by atoms with van der Waals surface area (Å²) < 4.78 is 2.67. The van der Waals surface area contributed by atoms with Crippen LogP contribution in [-0.4, -0.2) is 30.5 Å². The molecule has 27 heavy (non-hydrogen) atoms. The fourth-order valence-electron chi connectivity index (χ4n) is 2.59. The van der Waals surface area contributed by atoms with Crippen molar-refractivity contribution in [2.24, 2.45) is 0 Å². The fourth-order valence-corrected chi connectivity index (χ4v) is 2.71. The van der Waals surface area contributed by atoms with Gasteiger partial charge >= 0.3 is 0 Å². The number of amides is 1. The summed E-state index contributed by atoms with van der Waals surface area (Å²) in [6.45, 7) is -0.192. The minimum Gasteiger partial charge on any atom is -0.325 e. The van der Waals surface area contributed by atoms with Gasteiger partial charge in [-0.1, -0.05) is 35.0 Å². The lowest BCUT2D eigenvalue weighted by molar-refractivity contribution is -0.116. The van der Waals surface area contributed by atoms with Gasteiger partial charge in [-0.3, -0.25) is 14.2 Å². The highest BCUT2D eigenvalue weighted by Gasteiger charge is 2.14. The van der Waals surface area contributed by atoms with Crippen molar-refractivity contribution in [2.75, 3.05) is 5.32 Å². The molecular formula is C18H13ClN6O2. The Bertz CT molecular complexity index is 1170. The number of aromatic nitrogens is 5. The molecule has 1 amide bonds. The van der Waals surface area contributed by atoms with Gasteiger partial charge in [0, 0.05) is 10.7 Å². The first-order valence-electron chi connectivity index (χ1n) is 8.03. The van der Waals surface area contributed by atoms with Crippen LogP contribution in [0.25, 0.3) is 16.9 Å². The zero-order chi connectivity index (χ0) is 18.8. The van der Waals surface area contributed by atoms with Gasteiger partial charge in [0.25, 0.3) is 5.56 Å². The molecule has 0 saturated heterocycles. The molecule has 0 fully saturated rings. The molecule has 0 aliphatic carbocycles. The number of para-hydroxylation sites is 1. The zero-order valence-electron chi connectivity index (χ0n) is 13.9. The lowest BCUT2D eigenvalue weighted by atomic mass is 10.3. The van der Waals surface area contributed by atoms with E-state index >= 15 is 0 Å². The maximum absolute atomic E-state index is 12.6. The molecule has 0 aliphatic heterocycles. The Balaban J connectivity index is 1.60. The highest BCUT2D eigenvalue weighted by molar-refractivity contribution is 6.30. The first-order chi connectivity index (χ1) is 13.1. The van der Waals surface area contributed by atoms with Crippen LogP contribution in [0.4, 0.5) is 5.69 Å². The fraction of sp³-hybridized carbons (Fsp3) is 0.0556. The Kier molecular flexibility index (Phi) is 4.39. The average Bonchev–Trinajstić information content (AvgIpc) is 3.11. The number of carbonyl (C=O) groups is 1. The SMILES string of the molecule is O=C(Cn1cnc2c(nnn2-c2ccccc2)c1=O)Nc1ccc(Cl)cc1. The minimum atomic E-state index is -0.437. The molecule has 2 heterocycles. The Morgan fingerprint density at radius 1 is 1.07 bits per heavy atom. The number of nitrogens with one attached hydrogen (secondary N) is 1. The van der Waals surface area contributed by atoms with Gasteiger partial charge < -0.3 is 5.32 Å². The van der Waals surface area contributed by atoms with Gasteiger partial charge in [-0.05, 0) is 36.4 Å². The lowest BCUT2D eigenvalue weighted by Crippen LogP contribution is -2.28. The van der Waals surface area contributed by atoms with E-state index in [-0.39, 0.29) is 18.0 Å². The second-order valence-corrected chi connectivity index (χ2v) is 6.18. The van der Waals surface area contributed by atoms with E-state index in [1.807, 2.05) is 30.3 Å². The Morgan fingerprint density at radius 3 is 2.56 bits per heavy atom. The zero-order valence-corrected chi connectivity index (χ0v) is 14.7. The molecule has 0 radical (unpaired) electrons. The van der Waals surface area contributed by atoms with Crippen LogP contribution in [0.3, 0.4) is 0 Å². The molecule has 8 nitrogen and oxygen atoms in total. The van der Waals surface area contributed by atoms with E-state index in [1.165, 1.54) is 15.6 Å². The van der Waals surface area contributed by atoms with Crippen molar-refractivity contribution >= 4 is 34.4 Å². The number of benzene rings is 2. The molecule has 4 rings (SSSR count). The van der Waals surface area contributed by atoms with Crippen LogP contribution in [0.1, 0.15) is 0 Å². The number of anilines is 1. The maximum atomic E-state index is 12.6. The summed E-state index contributed by atoms with van der Waals surface area (Å²) in [6, 6.07) is 15.9. The molecular weight excluding hydrogens is 368 g/mol. The van der Waals surface area contributed by atoms with E-state index in [0.29, 0.717) is 16.4 Å². The normalized spacial score (nSPS) is 10.9. The summed E-state index contributed by atoms with van der Waals surface area (Å²) in [6.07, 6.45) is 1.31. The maximum Gasteiger partial charge on any atom is 0.284 e. The number of hydrogen-bond donors (Lipinski definition) is 1. The largest absolute Gasteiger partial charge is 0.325 e. The van der Waals surface area contributed by atoms with Crippen molar-refractivity contribution in [3.8, 4) is 5.69 Å². The standard InChI is InChI=1S/C18H13ClN6O2/c19-12-6-8-13(9-7-12)21-15(26)10-24-11-20-17-16(18(24)27)22-23-25(17)14-4-2-1-3-5-14/h1-9,11H,10H2,(H,21,26). The van der Waals surface area contributed by atoms with E-state index in [2.05, 4.69) is 20.6 Å². The smallest absolute Gasteiger partial charge is 0.284 e. The van der Waals surface area contributed by atoms with Crippen molar-refractivity contribution in [2.45, 2.75) is 6.54 Å². The molecule has 2 aromatic carbocycles. The van der Waals surface area contributed by atoms with E-state index in [1.54, 1.807) is 24.3 Å². The van der Waals surface area contributed by atoms with E-state index < -0.39 is 5.56 Å². The molecule has 9 heteroatoms. The second kappa shape index (κ2) is 7.00. The number of rotatable bonds is 4. The lowest BCUT2D eigenvalue weighted by Gasteiger charge is -2.07. The second-order valence-electron chi connectivity index (χ2n) is 5.74. The molecule has 1 N–H and O–H groups in total. The molecule has 0 unspecified atom stereocenters. The van der Waals surface area contributed by atoms with Gasteiger partial charge in [0.2, 0.25) is 5.91 Å². The Labute approximate surface area is 158 Å². The first-order valence-corrected chi connectivity index (χ1v) is 8.41. The molecule has 0 bridgehead atoms. The summed E-state index contributed by atoms with van der Waals surface area (Å²) in [5, 5.41) is 11.2. The van der Waals surface area contributed by atoms with Gasteiger partial charge in [0.15, 0.2) is 11.2 Å². The quantitative estimate of drug-likeness (QED) is 0.586. The van der Waals surface area contributed by atoms with Gasteiger partial charge in [0.1, 0.15) is 12.9 Å². The third-order valence-electron chi connectivity index (χ3n) is 3.87. The van der Waals surface area contributed by atoms with Crippen LogP contribution in [0.2, 0.25) is 5.02 Å². The van der Waals surface area contributed by atoms with Gasteiger partial charge in [-0.2, -0.15) is 4.68 Å². The number of nitrogens with zero attached hydrogens (tertiary/aromatic N) is 5. The van der Waals surface area contributed by atoms with Crippen LogP contribution in [0, 0.1) is 0 Å². The number of fused-ring (bicyclic) bond motifs is 1. The number of halogens is 1. The van der Waals surface area contributed by atoms with Crippen molar-refractivity contribution in [1.82, 2.24) is 24.5 Å².